The van der Waals surface area contributed by atoms with Gasteiger partial charge in [-0.15, -0.1) is 0 Å². The smallest absolute Gasteiger partial charge is 0.251 e. The Labute approximate surface area is 161 Å². The minimum Gasteiger partial charge on any atom is -0.497 e. The number of aromatic nitrogens is 4. The predicted octanol–water partition coefficient (Wildman–Crippen LogP) is 2.91. The summed E-state index contributed by atoms with van der Waals surface area (Å²) in [5.74, 6) is 1.01. The van der Waals surface area contributed by atoms with Crippen LogP contribution in [0.1, 0.15) is 17.3 Å². The first-order valence-electron chi connectivity index (χ1n) is 8.80. The molecule has 0 saturated heterocycles. The van der Waals surface area contributed by atoms with E-state index in [9.17, 15) is 4.79 Å². The zero-order valence-electron chi connectivity index (χ0n) is 15.5. The van der Waals surface area contributed by atoms with E-state index in [1.807, 2.05) is 31.2 Å². The highest BCUT2D eigenvalue weighted by Gasteiger charge is 2.14. The summed E-state index contributed by atoms with van der Waals surface area (Å²) in [6.07, 6.45) is 3.08. The molecule has 2 aromatic heterocycles. The van der Waals surface area contributed by atoms with Gasteiger partial charge in [0, 0.05) is 17.2 Å². The van der Waals surface area contributed by atoms with E-state index in [-0.39, 0.29) is 11.9 Å². The Morgan fingerprint density at radius 1 is 1.29 bits per heavy atom. The van der Waals surface area contributed by atoms with Crippen LogP contribution in [0.5, 0.6) is 5.75 Å². The fraction of sp³-hybridized carbons (Fsp3) is 0.200. The van der Waals surface area contributed by atoms with Crippen molar-refractivity contribution >= 4 is 17.0 Å². The number of fused-ring (bicyclic) bond motifs is 1. The maximum atomic E-state index is 12.6. The van der Waals surface area contributed by atoms with Gasteiger partial charge in [0.25, 0.3) is 5.91 Å². The van der Waals surface area contributed by atoms with Crippen LogP contribution in [-0.2, 0) is 6.54 Å². The monoisotopic (exact) mass is 377 g/mol. The highest BCUT2D eigenvalue weighted by molar-refractivity contribution is 5.97. The first-order valence-corrected chi connectivity index (χ1v) is 8.80. The summed E-state index contributed by atoms with van der Waals surface area (Å²) in [6, 6.07) is 12.6. The molecule has 8 heteroatoms. The molecule has 0 spiro atoms. The molecule has 28 heavy (non-hydrogen) atoms. The second kappa shape index (κ2) is 7.51. The summed E-state index contributed by atoms with van der Waals surface area (Å²) in [5.41, 5.74) is 2.55. The van der Waals surface area contributed by atoms with E-state index in [1.54, 1.807) is 36.3 Å². The van der Waals surface area contributed by atoms with Crippen molar-refractivity contribution in [1.29, 1.82) is 0 Å². The number of hydrogen-bond donors (Lipinski definition) is 1. The number of nitrogens with zero attached hydrogens (tertiary/aromatic N) is 4. The van der Waals surface area contributed by atoms with Crippen molar-refractivity contribution in [3.63, 3.8) is 0 Å². The van der Waals surface area contributed by atoms with Gasteiger partial charge in [-0.3, -0.25) is 9.48 Å². The molecule has 1 atom stereocenters. The minimum atomic E-state index is -0.186. The van der Waals surface area contributed by atoms with Gasteiger partial charge < -0.3 is 14.5 Å². The number of carbonyl (C=O) groups excluding carboxylic acids is 1. The molecular formula is C20H19N5O3. The van der Waals surface area contributed by atoms with Crippen molar-refractivity contribution in [2.75, 3.05) is 7.11 Å². The molecule has 4 rings (SSSR count). The quantitative estimate of drug-likeness (QED) is 0.555. The third-order valence-electron chi connectivity index (χ3n) is 4.27. The summed E-state index contributed by atoms with van der Waals surface area (Å²) >= 11 is 0. The number of carbonyl (C=O) groups is 1. The summed E-state index contributed by atoms with van der Waals surface area (Å²) in [6.45, 7) is 2.45. The van der Waals surface area contributed by atoms with Crippen LogP contribution < -0.4 is 10.1 Å². The Morgan fingerprint density at radius 3 is 2.96 bits per heavy atom. The van der Waals surface area contributed by atoms with E-state index in [4.69, 9.17) is 9.15 Å². The molecule has 0 aliphatic rings. The van der Waals surface area contributed by atoms with Crippen LogP contribution in [0, 0.1) is 0 Å². The van der Waals surface area contributed by atoms with Crippen molar-refractivity contribution < 1.29 is 13.9 Å². The van der Waals surface area contributed by atoms with Crippen LogP contribution >= 0.6 is 0 Å². The molecule has 0 bridgehead atoms. The number of methoxy groups -OCH3 is 1. The average molecular weight is 377 g/mol. The lowest BCUT2D eigenvalue weighted by Gasteiger charge is -2.13. The second-order valence-electron chi connectivity index (χ2n) is 6.43. The lowest BCUT2D eigenvalue weighted by molar-refractivity contribution is 0.0936. The summed E-state index contributed by atoms with van der Waals surface area (Å²) in [5, 5.41) is 6.99. The Balaban J connectivity index is 1.53. The van der Waals surface area contributed by atoms with Crippen molar-refractivity contribution in [3.05, 3.63) is 60.7 Å². The predicted molar refractivity (Wildman–Crippen MR) is 103 cm³/mol. The summed E-state index contributed by atoms with van der Waals surface area (Å²) < 4.78 is 12.8. The van der Waals surface area contributed by atoms with E-state index in [1.165, 1.54) is 6.33 Å². The standard InChI is InChI=1S/C20H19N5O3/c1-13(10-25-12-21-11-22-25)23-19(26)14-6-7-17-18(9-14)28-20(24-17)15-4-3-5-16(8-15)27-2/h3-9,11-13H,10H2,1-2H3,(H,23,26)/t13-/m0/s1. The molecule has 0 unspecified atom stereocenters. The van der Waals surface area contributed by atoms with Crippen molar-refractivity contribution in [3.8, 4) is 17.2 Å². The summed E-state index contributed by atoms with van der Waals surface area (Å²) in [7, 11) is 1.61. The third kappa shape index (κ3) is 3.71. The van der Waals surface area contributed by atoms with E-state index >= 15 is 0 Å². The zero-order valence-corrected chi connectivity index (χ0v) is 15.5. The van der Waals surface area contributed by atoms with Crippen LogP contribution in [0.4, 0.5) is 0 Å². The number of amides is 1. The Morgan fingerprint density at radius 2 is 2.18 bits per heavy atom. The highest BCUT2D eigenvalue weighted by atomic mass is 16.5. The highest BCUT2D eigenvalue weighted by Crippen LogP contribution is 2.27. The van der Waals surface area contributed by atoms with Crippen molar-refractivity contribution in [1.82, 2.24) is 25.1 Å². The second-order valence-corrected chi connectivity index (χ2v) is 6.43. The Hall–Kier alpha value is -3.68. The van der Waals surface area contributed by atoms with E-state index in [0.717, 1.165) is 11.3 Å². The SMILES string of the molecule is COc1cccc(-c2nc3ccc(C(=O)N[C@@H](C)Cn4cncn4)cc3o2)c1. The van der Waals surface area contributed by atoms with Crippen LogP contribution in [0.15, 0.2) is 59.5 Å². The number of hydrogen-bond acceptors (Lipinski definition) is 6. The largest absolute Gasteiger partial charge is 0.497 e. The molecule has 2 heterocycles. The molecule has 0 aliphatic heterocycles. The van der Waals surface area contributed by atoms with Gasteiger partial charge in [0.05, 0.1) is 13.7 Å². The van der Waals surface area contributed by atoms with Crippen LogP contribution in [0.2, 0.25) is 0 Å². The number of benzene rings is 2. The Kier molecular flexibility index (Phi) is 4.76. The molecule has 2 aromatic carbocycles. The molecule has 4 aromatic rings. The average Bonchev–Trinajstić information content (AvgIpc) is 3.36. The minimum absolute atomic E-state index is 0.105. The number of oxazole rings is 1. The molecule has 1 N–H and O–H groups in total. The lowest BCUT2D eigenvalue weighted by Crippen LogP contribution is -2.35. The van der Waals surface area contributed by atoms with Crippen molar-refractivity contribution in [2.45, 2.75) is 19.5 Å². The van der Waals surface area contributed by atoms with Gasteiger partial charge in [0.1, 0.15) is 23.9 Å². The topological polar surface area (TPSA) is 95.1 Å². The van der Waals surface area contributed by atoms with Gasteiger partial charge in [0.2, 0.25) is 5.89 Å². The van der Waals surface area contributed by atoms with E-state index in [2.05, 4.69) is 20.4 Å². The fourth-order valence-electron chi connectivity index (χ4n) is 2.91. The van der Waals surface area contributed by atoms with Crippen LogP contribution in [0.25, 0.3) is 22.6 Å². The molecule has 0 aliphatic carbocycles. The molecule has 0 fully saturated rings. The summed E-state index contributed by atoms with van der Waals surface area (Å²) in [4.78, 5) is 20.9. The van der Waals surface area contributed by atoms with Gasteiger partial charge in [-0.2, -0.15) is 5.10 Å². The lowest BCUT2D eigenvalue weighted by atomic mass is 10.2. The maximum Gasteiger partial charge on any atom is 0.251 e. The first-order chi connectivity index (χ1) is 13.6. The molecular weight excluding hydrogens is 358 g/mol. The molecule has 0 saturated carbocycles. The van der Waals surface area contributed by atoms with Crippen LogP contribution in [0.3, 0.4) is 0 Å². The number of ether oxygens (including phenoxy) is 1. The molecule has 1 amide bonds. The number of rotatable bonds is 6. The molecule has 8 nitrogen and oxygen atoms in total. The van der Waals surface area contributed by atoms with Gasteiger partial charge >= 0.3 is 0 Å². The van der Waals surface area contributed by atoms with E-state index < -0.39 is 0 Å². The molecule has 142 valence electrons. The third-order valence-corrected chi connectivity index (χ3v) is 4.27. The normalized spacial score (nSPS) is 12.1. The van der Waals surface area contributed by atoms with Crippen molar-refractivity contribution in [2.24, 2.45) is 0 Å². The van der Waals surface area contributed by atoms with Gasteiger partial charge in [0.15, 0.2) is 5.58 Å². The Bertz CT molecular complexity index is 1100. The van der Waals surface area contributed by atoms with Crippen LogP contribution in [-0.4, -0.2) is 38.8 Å². The maximum absolute atomic E-state index is 12.6. The molecule has 0 radical (unpaired) electrons. The van der Waals surface area contributed by atoms with Gasteiger partial charge in [-0.25, -0.2) is 9.97 Å². The number of nitrogens with one attached hydrogen (secondary N) is 1. The zero-order chi connectivity index (χ0) is 19.5. The van der Waals surface area contributed by atoms with E-state index in [0.29, 0.717) is 29.1 Å². The van der Waals surface area contributed by atoms with Gasteiger partial charge in [-0.05, 0) is 43.3 Å². The van der Waals surface area contributed by atoms with Gasteiger partial charge in [-0.1, -0.05) is 6.07 Å². The first kappa shape index (κ1) is 17.7. The fourth-order valence-corrected chi connectivity index (χ4v) is 2.91.